The van der Waals surface area contributed by atoms with Crippen LogP contribution in [0, 0.1) is 21.4 Å². The lowest BCUT2D eigenvalue weighted by Gasteiger charge is -2.32. The molecule has 2 saturated heterocycles. The van der Waals surface area contributed by atoms with Crippen LogP contribution < -0.4 is 21.3 Å². The average Bonchev–Trinajstić information content (AvgIpc) is 3.73. The number of primary amides is 2. The molecule has 2 aliphatic rings. The average molecular weight is 1560 g/mol. The van der Waals surface area contributed by atoms with Crippen molar-refractivity contribution in [3.63, 3.8) is 0 Å². The third-order valence-corrected chi connectivity index (χ3v) is 16.2. The van der Waals surface area contributed by atoms with E-state index in [-0.39, 0.29) is 93.9 Å². The van der Waals surface area contributed by atoms with Crippen LogP contribution in [0.4, 0.5) is 11.4 Å². The molecule has 0 aromatic heterocycles. The minimum atomic E-state index is -1.57. The van der Waals surface area contributed by atoms with Gasteiger partial charge in [-0.3, -0.25) is 28.8 Å². The molecule has 63 heavy (non-hydrogen) atoms. The van der Waals surface area contributed by atoms with E-state index < -0.39 is 104 Å². The quantitative estimate of drug-likeness (QED) is 0.0616. The van der Waals surface area contributed by atoms with Crippen molar-refractivity contribution < 1.29 is 68.1 Å². The van der Waals surface area contributed by atoms with E-state index in [0.29, 0.717) is 0 Å². The van der Waals surface area contributed by atoms with Crippen LogP contribution >= 0.6 is 136 Å². The van der Waals surface area contributed by atoms with Gasteiger partial charge in [-0.15, -0.1) is 0 Å². The molecule has 4 unspecified atom stereocenters. The zero-order chi connectivity index (χ0) is 47.5. The Balaban J connectivity index is 1.82. The van der Waals surface area contributed by atoms with Gasteiger partial charge < -0.3 is 60.6 Å². The predicted octanol–water partition coefficient (Wildman–Crippen LogP) is 4.20. The summed E-state index contributed by atoms with van der Waals surface area (Å²) in [6, 6.07) is 0. The number of carbonyl (C=O) groups is 6. The number of hydrogen-bond acceptors (Lipinski definition) is 14. The van der Waals surface area contributed by atoms with Crippen LogP contribution in [0.1, 0.15) is 101 Å². The van der Waals surface area contributed by atoms with Crippen molar-refractivity contribution in [1.82, 2.24) is 0 Å². The number of amides is 4. The van der Waals surface area contributed by atoms with E-state index in [1.54, 1.807) is 72.9 Å². The summed E-state index contributed by atoms with van der Waals surface area (Å²) in [5.41, 5.74) is 11.6. The topological polar surface area (TPSA) is 279 Å². The molecular formula is C39H46I6N4O14. The van der Waals surface area contributed by atoms with Gasteiger partial charge in [-0.1, -0.05) is 0 Å². The van der Waals surface area contributed by atoms with Crippen LogP contribution in [0.2, 0.25) is 0 Å². The lowest BCUT2D eigenvalue weighted by Crippen LogP contribution is -2.45. The van der Waals surface area contributed by atoms with E-state index in [1.807, 2.05) is 90.4 Å². The van der Waals surface area contributed by atoms with Crippen molar-refractivity contribution in [3.05, 3.63) is 43.7 Å². The molecule has 2 aromatic rings. The molecule has 0 bridgehead atoms. The van der Waals surface area contributed by atoms with E-state index in [4.69, 9.17) is 30.4 Å². The lowest BCUT2D eigenvalue weighted by molar-refractivity contribution is -0.139. The normalized spacial score (nSPS) is 18.8. The van der Waals surface area contributed by atoms with Crippen molar-refractivity contribution in [2.45, 2.75) is 95.8 Å². The Morgan fingerprint density at radius 3 is 1.19 bits per heavy atom. The Hall–Kier alpha value is -0.280. The van der Waals surface area contributed by atoms with Gasteiger partial charge >= 0.3 is 0 Å². The Bertz CT molecular complexity index is 2010. The first-order valence-corrected chi connectivity index (χ1v) is 25.6. The number of anilines is 2. The molecule has 2 fully saturated rings. The molecule has 18 nitrogen and oxygen atoms in total. The first-order chi connectivity index (χ1) is 29.3. The van der Waals surface area contributed by atoms with Gasteiger partial charge in [0.05, 0.1) is 93.6 Å². The molecule has 4 rings (SSSR count). The van der Waals surface area contributed by atoms with Crippen molar-refractivity contribution in [2.75, 3.05) is 49.3 Å². The summed E-state index contributed by atoms with van der Waals surface area (Å²) in [4.78, 5) is 85.2. The summed E-state index contributed by atoms with van der Waals surface area (Å²) in [6.45, 7) is 4.66. The predicted molar refractivity (Wildman–Crippen MR) is 279 cm³/mol. The summed E-state index contributed by atoms with van der Waals surface area (Å²) < 4.78 is 24.0. The smallest absolute Gasteiger partial charge is 0.250 e. The maximum Gasteiger partial charge on any atom is 0.250 e. The maximum absolute atomic E-state index is 14.6. The maximum atomic E-state index is 14.6. The number of Topliss-reactive ketones (excluding diaryl/α,β-unsaturated/α-hetero) is 2. The van der Waals surface area contributed by atoms with Gasteiger partial charge in [0.15, 0.2) is 23.1 Å². The number of aliphatic hydroxyl groups is 4. The minimum absolute atomic E-state index is 0.0371. The van der Waals surface area contributed by atoms with Crippen LogP contribution in [-0.4, -0.2) is 131 Å². The number of benzene rings is 2. The highest BCUT2D eigenvalue weighted by atomic mass is 127. The Morgan fingerprint density at radius 1 is 0.603 bits per heavy atom. The largest absolute Gasteiger partial charge is 0.394 e. The van der Waals surface area contributed by atoms with Crippen LogP contribution in [0.25, 0.3) is 0 Å². The number of ketones is 2. The second-order valence-corrected chi connectivity index (χ2v) is 22.0. The molecule has 4 amide bonds. The number of halogens is 6. The molecule has 2 aliphatic heterocycles. The van der Waals surface area contributed by atoms with Crippen LogP contribution in [0.15, 0.2) is 0 Å². The second kappa shape index (κ2) is 23.3. The standard InChI is InChI=1S/C39H46I6N4O14/c1-38(2)60-14-18(62-38)5-7-20(54)24-28(40)26(36(46)58)32(44)34(30(24)42)48(10-16(52)12-50)22(56)9-23(57)49(11-17(53)13-51)35-31(43)25(29(41)27(33(35)45)37(47)59)21(55)8-6-19-15-61-39(3,4)63-19/h16-19,50-53H,5-15H2,1-4H3,(H2,46,58)(H2,47,59). The highest BCUT2D eigenvalue weighted by Gasteiger charge is 2.38. The SMILES string of the molecule is CC1(C)OCC(CCC(=O)c2c(I)c(C(N)=O)c(I)c(N(CC(O)CO)C(=O)CC(=O)N(CC(O)CO)c3c(I)c(C(N)=O)c(I)c(C(=O)CCC4COC(C)(C)O4)c3I)c2I)O1. The van der Waals surface area contributed by atoms with Gasteiger partial charge in [-0.2, -0.15) is 0 Å². The fraction of sp³-hybridized carbons (Fsp3) is 0.538. The molecule has 348 valence electrons. The Kier molecular flexibility index (Phi) is 20.5. The van der Waals surface area contributed by atoms with Crippen molar-refractivity contribution in [2.24, 2.45) is 11.5 Å². The highest BCUT2D eigenvalue weighted by molar-refractivity contribution is 14.1. The monoisotopic (exact) mass is 1560 g/mol. The first kappa shape index (κ1) is 55.3. The number of carbonyl (C=O) groups excluding carboxylic acids is 6. The van der Waals surface area contributed by atoms with Crippen molar-refractivity contribution in [1.29, 1.82) is 0 Å². The van der Waals surface area contributed by atoms with E-state index in [1.165, 1.54) is 0 Å². The second-order valence-electron chi connectivity index (χ2n) is 15.5. The van der Waals surface area contributed by atoms with Gasteiger partial charge in [0.25, 0.3) is 11.8 Å². The Labute approximate surface area is 445 Å². The summed E-state index contributed by atoms with van der Waals surface area (Å²) in [7, 11) is 0. The molecule has 2 aromatic carbocycles. The van der Waals surface area contributed by atoms with E-state index in [2.05, 4.69) is 0 Å². The molecule has 0 saturated carbocycles. The number of nitrogens with two attached hydrogens (primary N) is 2. The first-order valence-electron chi connectivity index (χ1n) is 19.2. The lowest BCUT2D eigenvalue weighted by atomic mass is 10.00. The minimum Gasteiger partial charge on any atom is -0.394 e. The highest BCUT2D eigenvalue weighted by Crippen LogP contribution is 2.41. The summed E-state index contributed by atoms with van der Waals surface area (Å²) in [5.74, 6) is -6.31. The Morgan fingerprint density at radius 2 is 0.921 bits per heavy atom. The van der Waals surface area contributed by atoms with Crippen molar-refractivity contribution >= 4 is 182 Å². The molecule has 0 aliphatic carbocycles. The number of nitrogens with zero attached hydrogens (tertiary/aromatic N) is 2. The van der Waals surface area contributed by atoms with Gasteiger partial charge in [0.2, 0.25) is 11.8 Å². The summed E-state index contributed by atoms with van der Waals surface area (Å²) >= 11 is 11.0. The summed E-state index contributed by atoms with van der Waals surface area (Å²) in [5, 5.41) is 41.4. The fourth-order valence-corrected chi connectivity index (χ4v) is 16.6. The molecule has 4 atom stereocenters. The molecule has 0 radical (unpaired) electrons. The number of ether oxygens (including phenoxy) is 4. The van der Waals surface area contributed by atoms with E-state index in [0.717, 1.165) is 9.80 Å². The number of aliphatic hydroxyl groups excluding tert-OH is 4. The number of rotatable bonds is 20. The number of hydrogen-bond donors (Lipinski definition) is 6. The van der Waals surface area contributed by atoms with Crippen LogP contribution in [0.5, 0.6) is 0 Å². The molecule has 24 heteroatoms. The van der Waals surface area contributed by atoms with Crippen molar-refractivity contribution in [3.8, 4) is 0 Å². The zero-order valence-electron chi connectivity index (χ0n) is 34.3. The molecular weight excluding hydrogens is 1510 g/mol. The molecule has 2 heterocycles. The van der Waals surface area contributed by atoms with Crippen LogP contribution in [-0.2, 0) is 28.5 Å². The van der Waals surface area contributed by atoms with E-state index >= 15 is 0 Å². The molecule has 0 spiro atoms. The fourth-order valence-electron chi connectivity index (χ4n) is 6.84. The van der Waals surface area contributed by atoms with Crippen LogP contribution in [0.3, 0.4) is 0 Å². The van der Waals surface area contributed by atoms with Gasteiger partial charge in [-0.05, 0) is 176 Å². The third kappa shape index (κ3) is 13.5. The molecule has 8 N–H and O–H groups in total. The van der Waals surface area contributed by atoms with Gasteiger partial charge in [0.1, 0.15) is 6.42 Å². The van der Waals surface area contributed by atoms with Gasteiger partial charge in [-0.25, -0.2) is 0 Å². The van der Waals surface area contributed by atoms with Gasteiger partial charge in [0, 0.05) is 38.2 Å². The third-order valence-electron chi connectivity index (χ3n) is 9.81. The van der Waals surface area contributed by atoms with E-state index in [9.17, 15) is 49.2 Å². The summed E-state index contributed by atoms with van der Waals surface area (Å²) in [6.07, 6.45) is -4.49. The zero-order valence-corrected chi connectivity index (χ0v) is 47.2.